The number of aromatic nitrogens is 2. The van der Waals surface area contributed by atoms with E-state index in [1.165, 1.54) is 33.2 Å². The molecule has 1 aromatic heterocycles. The number of rotatable bonds is 3. The molecule has 0 radical (unpaired) electrons. The van der Waals surface area contributed by atoms with E-state index in [1.807, 2.05) is 0 Å². The molecule has 0 spiro atoms. The predicted molar refractivity (Wildman–Crippen MR) is 94.6 cm³/mol. The predicted octanol–water partition coefficient (Wildman–Crippen LogP) is 0.818. The molecule has 4 rings (SSSR count). The van der Waals surface area contributed by atoms with Gasteiger partial charge in [-0.2, -0.15) is 5.10 Å². The molecule has 2 amide bonds. The summed E-state index contributed by atoms with van der Waals surface area (Å²) in [6, 6.07) is 5.08. The van der Waals surface area contributed by atoms with E-state index in [1.54, 1.807) is 29.2 Å². The molecular weight excluding hydrogens is 367 g/mol. The number of carbonyl (C=O) groups excluding carboxylic acids is 3. The van der Waals surface area contributed by atoms with Gasteiger partial charge in [0.2, 0.25) is 11.8 Å². The summed E-state index contributed by atoms with van der Waals surface area (Å²) in [6.07, 6.45) is 3.27. The average Bonchev–Trinajstić information content (AvgIpc) is 3.37. The largest absolute Gasteiger partial charge is 0.468 e. The fourth-order valence-electron chi connectivity index (χ4n) is 4.34. The molecule has 0 bridgehead atoms. The molecule has 3 heterocycles. The lowest BCUT2D eigenvalue weighted by Crippen LogP contribution is -2.53. The Balaban J connectivity index is 1.90. The monoisotopic (exact) mass is 386 g/mol. The van der Waals surface area contributed by atoms with Crippen molar-refractivity contribution in [2.75, 3.05) is 14.2 Å². The van der Waals surface area contributed by atoms with Gasteiger partial charge in [-0.05, 0) is 36.8 Å². The zero-order valence-electron chi connectivity index (χ0n) is 15.5. The van der Waals surface area contributed by atoms with Gasteiger partial charge in [0, 0.05) is 25.5 Å². The van der Waals surface area contributed by atoms with Crippen molar-refractivity contribution in [3.05, 3.63) is 48.0 Å². The van der Waals surface area contributed by atoms with Gasteiger partial charge in [-0.15, -0.1) is 0 Å². The third kappa shape index (κ3) is 2.39. The minimum atomic E-state index is -1.42. The number of benzene rings is 1. The van der Waals surface area contributed by atoms with Crippen molar-refractivity contribution in [1.29, 1.82) is 0 Å². The van der Waals surface area contributed by atoms with Gasteiger partial charge in [0.05, 0.1) is 24.6 Å². The molecule has 8 nitrogen and oxygen atoms in total. The Labute approximate surface area is 160 Å². The molecule has 1 N–H and O–H groups in total. The third-order valence-corrected chi connectivity index (χ3v) is 5.69. The summed E-state index contributed by atoms with van der Waals surface area (Å²) >= 11 is 0. The van der Waals surface area contributed by atoms with Gasteiger partial charge in [-0.25, -0.2) is 9.07 Å². The third-order valence-electron chi connectivity index (χ3n) is 5.69. The topological polar surface area (TPSA) is 93.5 Å². The SMILES string of the molecule is COC(=O)[C@]1(C)N[C@H](c2cc(F)ccc2-n2cccn2)[C@@H]2C(=O)N(C)C(=O)[C@@H]21. The van der Waals surface area contributed by atoms with E-state index in [0.29, 0.717) is 11.3 Å². The maximum Gasteiger partial charge on any atom is 0.326 e. The summed E-state index contributed by atoms with van der Waals surface area (Å²) in [5.74, 6) is -3.85. The van der Waals surface area contributed by atoms with Crippen LogP contribution < -0.4 is 5.32 Å². The van der Waals surface area contributed by atoms with Crippen LogP contribution in [0.5, 0.6) is 0 Å². The van der Waals surface area contributed by atoms with Gasteiger partial charge < -0.3 is 4.74 Å². The molecule has 2 aromatic rings. The van der Waals surface area contributed by atoms with E-state index < -0.39 is 47.0 Å². The highest BCUT2D eigenvalue weighted by Gasteiger charge is 2.66. The van der Waals surface area contributed by atoms with Gasteiger partial charge >= 0.3 is 5.97 Å². The number of hydrogen-bond acceptors (Lipinski definition) is 6. The van der Waals surface area contributed by atoms with Crippen molar-refractivity contribution in [2.45, 2.75) is 18.5 Å². The highest BCUT2D eigenvalue weighted by Crippen LogP contribution is 2.49. The molecule has 2 aliphatic heterocycles. The first-order valence-electron chi connectivity index (χ1n) is 8.76. The molecule has 0 aliphatic carbocycles. The van der Waals surface area contributed by atoms with Crippen LogP contribution in [0.15, 0.2) is 36.7 Å². The number of hydrogen-bond donors (Lipinski definition) is 1. The minimum absolute atomic E-state index is 0.421. The summed E-state index contributed by atoms with van der Waals surface area (Å²) in [5, 5.41) is 7.28. The Morgan fingerprint density at radius 3 is 2.71 bits per heavy atom. The Hall–Kier alpha value is -3.07. The van der Waals surface area contributed by atoms with Crippen LogP contribution >= 0.6 is 0 Å². The molecule has 28 heavy (non-hydrogen) atoms. The zero-order chi connectivity index (χ0) is 20.2. The average molecular weight is 386 g/mol. The molecule has 1 aromatic carbocycles. The number of ether oxygens (including phenoxy) is 1. The zero-order valence-corrected chi connectivity index (χ0v) is 15.5. The Morgan fingerprint density at radius 1 is 1.32 bits per heavy atom. The van der Waals surface area contributed by atoms with Gasteiger partial charge in [-0.1, -0.05) is 0 Å². The van der Waals surface area contributed by atoms with Crippen molar-refractivity contribution >= 4 is 17.8 Å². The fourth-order valence-corrected chi connectivity index (χ4v) is 4.34. The van der Waals surface area contributed by atoms with E-state index in [0.717, 1.165) is 4.90 Å². The van der Waals surface area contributed by atoms with Crippen molar-refractivity contribution < 1.29 is 23.5 Å². The van der Waals surface area contributed by atoms with Crippen LogP contribution in [-0.4, -0.2) is 52.2 Å². The van der Waals surface area contributed by atoms with E-state index in [9.17, 15) is 18.8 Å². The molecule has 2 saturated heterocycles. The minimum Gasteiger partial charge on any atom is -0.468 e. The normalized spacial score (nSPS) is 29.3. The molecule has 4 atom stereocenters. The maximum absolute atomic E-state index is 14.1. The molecule has 0 saturated carbocycles. The second-order valence-corrected chi connectivity index (χ2v) is 7.21. The van der Waals surface area contributed by atoms with Gasteiger partial charge in [0.25, 0.3) is 0 Å². The summed E-state index contributed by atoms with van der Waals surface area (Å²) in [6.45, 7) is 1.54. The van der Waals surface area contributed by atoms with E-state index in [4.69, 9.17) is 4.74 Å². The first-order valence-corrected chi connectivity index (χ1v) is 8.76. The first kappa shape index (κ1) is 18.3. The lowest BCUT2D eigenvalue weighted by atomic mass is 9.80. The number of methoxy groups -OCH3 is 1. The molecule has 146 valence electrons. The molecule has 2 fully saturated rings. The van der Waals surface area contributed by atoms with Gasteiger partial charge in [-0.3, -0.25) is 24.6 Å². The quantitative estimate of drug-likeness (QED) is 0.620. The second-order valence-electron chi connectivity index (χ2n) is 7.21. The van der Waals surface area contributed by atoms with Crippen LogP contribution in [0.2, 0.25) is 0 Å². The Bertz CT molecular complexity index is 976. The van der Waals surface area contributed by atoms with Crippen LogP contribution in [0.3, 0.4) is 0 Å². The summed E-state index contributed by atoms with van der Waals surface area (Å²) in [7, 11) is 2.61. The number of esters is 1. The van der Waals surface area contributed by atoms with Crippen molar-refractivity contribution in [3.63, 3.8) is 0 Å². The molecule has 0 unspecified atom stereocenters. The fraction of sp³-hybridized carbons (Fsp3) is 0.368. The number of nitrogens with one attached hydrogen (secondary N) is 1. The standard InChI is InChI=1S/C19H19FN4O4/c1-19(18(27)28-3)14-13(16(25)23(2)17(14)26)15(22-19)11-9-10(20)5-6-12(11)24-8-4-7-21-24/h4-9,13-15,22H,1-3H3/t13-,14-,15-,19-/m1/s1. The maximum atomic E-state index is 14.1. The lowest BCUT2D eigenvalue weighted by molar-refractivity contribution is -0.152. The van der Waals surface area contributed by atoms with Crippen molar-refractivity contribution in [3.8, 4) is 5.69 Å². The Morgan fingerprint density at radius 2 is 2.07 bits per heavy atom. The van der Waals surface area contributed by atoms with E-state index in [-0.39, 0.29) is 0 Å². The van der Waals surface area contributed by atoms with Crippen LogP contribution in [0, 0.1) is 17.7 Å². The lowest BCUT2D eigenvalue weighted by Gasteiger charge is -2.28. The van der Waals surface area contributed by atoms with E-state index >= 15 is 0 Å². The van der Waals surface area contributed by atoms with Gasteiger partial charge in [0.1, 0.15) is 11.4 Å². The summed E-state index contributed by atoms with van der Waals surface area (Å²) in [5.41, 5.74) is -0.440. The highest BCUT2D eigenvalue weighted by atomic mass is 19.1. The first-order chi connectivity index (χ1) is 13.3. The number of nitrogens with zero attached hydrogens (tertiary/aromatic N) is 3. The van der Waals surface area contributed by atoms with Crippen LogP contribution in [0.4, 0.5) is 4.39 Å². The van der Waals surface area contributed by atoms with Crippen molar-refractivity contribution in [1.82, 2.24) is 20.0 Å². The Kier molecular flexibility index (Phi) is 4.07. The van der Waals surface area contributed by atoms with Crippen LogP contribution in [-0.2, 0) is 19.1 Å². The number of fused-ring (bicyclic) bond motifs is 1. The van der Waals surface area contributed by atoms with Crippen molar-refractivity contribution in [2.24, 2.45) is 11.8 Å². The molecule has 2 aliphatic rings. The van der Waals surface area contributed by atoms with Crippen LogP contribution in [0.25, 0.3) is 5.69 Å². The number of amides is 2. The number of imide groups is 1. The second kappa shape index (κ2) is 6.23. The summed E-state index contributed by atoms with van der Waals surface area (Å²) in [4.78, 5) is 39.2. The van der Waals surface area contributed by atoms with Crippen LogP contribution in [0.1, 0.15) is 18.5 Å². The molecular formula is C19H19FN4O4. The number of halogens is 1. The summed E-state index contributed by atoms with van der Waals surface area (Å²) < 4.78 is 20.6. The van der Waals surface area contributed by atoms with Gasteiger partial charge in [0.15, 0.2) is 0 Å². The molecule has 9 heteroatoms. The highest BCUT2D eigenvalue weighted by molar-refractivity contribution is 6.09. The smallest absolute Gasteiger partial charge is 0.326 e. The number of carbonyl (C=O) groups is 3. The van der Waals surface area contributed by atoms with E-state index in [2.05, 4.69) is 10.4 Å². The number of likely N-dealkylation sites (tertiary alicyclic amines) is 1.